The summed E-state index contributed by atoms with van der Waals surface area (Å²) >= 11 is 0. The lowest BCUT2D eigenvalue weighted by Crippen LogP contribution is -2.36. The fourth-order valence-electron chi connectivity index (χ4n) is 4.85. The van der Waals surface area contributed by atoms with Gasteiger partial charge in [0.15, 0.2) is 6.61 Å². The molecule has 4 rings (SSSR count). The molecule has 0 radical (unpaired) electrons. The Morgan fingerprint density at radius 1 is 1.11 bits per heavy atom. The van der Waals surface area contributed by atoms with Gasteiger partial charge in [0.1, 0.15) is 0 Å². The summed E-state index contributed by atoms with van der Waals surface area (Å²) in [7, 11) is 0. The molecule has 2 atom stereocenters. The summed E-state index contributed by atoms with van der Waals surface area (Å²) in [6.45, 7) is 4.96. The van der Waals surface area contributed by atoms with E-state index in [0.717, 1.165) is 48.8 Å². The van der Waals surface area contributed by atoms with Gasteiger partial charge in [-0.05, 0) is 54.9 Å². The molecule has 2 aromatic carbocycles. The summed E-state index contributed by atoms with van der Waals surface area (Å²) in [5, 5.41) is 18.2. The third-order valence-corrected chi connectivity index (χ3v) is 7.71. The SMILES string of the molecule is CCC(C)C(C(=O)NCCCCC1(C(=O)O)CC1)c1ccc(CN2N=C(c3ccccc3)OCC2=O)cc1. The van der Waals surface area contributed by atoms with Crippen LogP contribution in [-0.2, 0) is 25.7 Å². The molecule has 1 aliphatic carbocycles. The van der Waals surface area contributed by atoms with Gasteiger partial charge in [-0.15, -0.1) is 5.10 Å². The highest BCUT2D eigenvalue weighted by molar-refractivity contribution is 5.97. The molecule has 2 amide bonds. The molecular weight excluding hydrogens is 482 g/mol. The topological polar surface area (TPSA) is 108 Å². The monoisotopic (exact) mass is 519 g/mol. The summed E-state index contributed by atoms with van der Waals surface area (Å²) in [6, 6.07) is 17.3. The zero-order chi connectivity index (χ0) is 27.1. The Labute approximate surface area is 224 Å². The summed E-state index contributed by atoms with van der Waals surface area (Å²) < 4.78 is 5.53. The standard InChI is InChI=1S/C30H37N3O5/c1-3-21(2)26(27(35)31-18-8-7-15-30(16-17-30)29(36)37)23-13-11-22(12-14-23)19-33-25(34)20-38-28(32-33)24-9-5-4-6-10-24/h4-6,9-14,21,26H,3,7-8,15-20H2,1-2H3,(H,31,35)(H,36,37). The first kappa shape index (κ1) is 27.4. The van der Waals surface area contributed by atoms with Crippen LogP contribution in [0.1, 0.15) is 75.0 Å². The molecule has 202 valence electrons. The molecule has 0 bridgehead atoms. The minimum Gasteiger partial charge on any atom is -0.481 e. The third-order valence-electron chi connectivity index (χ3n) is 7.71. The van der Waals surface area contributed by atoms with Crippen LogP contribution in [0.4, 0.5) is 0 Å². The molecule has 38 heavy (non-hydrogen) atoms. The first-order valence-electron chi connectivity index (χ1n) is 13.5. The van der Waals surface area contributed by atoms with Gasteiger partial charge < -0.3 is 15.2 Å². The van der Waals surface area contributed by atoms with Gasteiger partial charge in [0.2, 0.25) is 11.8 Å². The third kappa shape index (κ3) is 6.60. The number of nitrogens with zero attached hydrogens (tertiary/aromatic N) is 2. The highest BCUT2D eigenvalue weighted by Crippen LogP contribution is 2.50. The van der Waals surface area contributed by atoms with Crippen LogP contribution in [0.5, 0.6) is 0 Å². The van der Waals surface area contributed by atoms with Crippen LogP contribution in [0.3, 0.4) is 0 Å². The van der Waals surface area contributed by atoms with Crippen molar-refractivity contribution >= 4 is 23.7 Å². The summed E-state index contributed by atoms with van der Waals surface area (Å²) in [5.74, 6) is -0.612. The molecule has 1 aliphatic heterocycles. The molecule has 1 saturated carbocycles. The Hall–Kier alpha value is -3.68. The number of unbranched alkanes of at least 4 members (excludes halogenated alkanes) is 1. The van der Waals surface area contributed by atoms with E-state index in [-0.39, 0.29) is 30.3 Å². The number of amides is 2. The number of nitrogens with one attached hydrogen (secondary N) is 1. The van der Waals surface area contributed by atoms with Gasteiger partial charge in [-0.2, -0.15) is 0 Å². The molecule has 8 nitrogen and oxygen atoms in total. The van der Waals surface area contributed by atoms with Crippen molar-refractivity contribution in [2.75, 3.05) is 13.2 Å². The molecule has 0 aromatic heterocycles. The number of benzene rings is 2. The van der Waals surface area contributed by atoms with E-state index in [1.807, 2.05) is 54.6 Å². The molecule has 0 saturated heterocycles. The van der Waals surface area contributed by atoms with E-state index in [1.165, 1.54) is 5.01 Å². The second-order valence-electron chi connectivity index (χ2n) is 10.4. The maximum Gasteiger partial charge on any atom is 0.309 e. The molecule has 2 unspecified atom stereocenters. The molecule has 2 aromatic rings. The molecule has 2 aliphatic rings. The highest BCUT2D eigenvalue weighted by Gasteiger charge is 2.49. The largest absolute Gasteiger partial charge is 0.481 e. The number of carbonyl (C=O) groups is 3. The predicted molar refractivity (Wildman–Crippen MR) is 144 cm³/mol. The average molecular weight is 520 g/mol. The molecule has 0 spiro atoms. The zero-order valence-corrected chi connectivity index (χ0v) is 22.2. The summed E-state index contributed by atoms with van der Waals surface area (Å²) in [4.78, 5) is 36.9. The van der Waals surface area contributed by atoms with E-state index in [1.54, 1.807) is 0 Å². The van der Waals surface area contributed by atoms with Crippen molar-refractivity contribution in [3.63, 3.8) is 0 Å². The van der Waals surface area contributed by atoms with Crippen LogP contribution in [-0.4, -0.2) is 46.9 Å². The number of carboxylic acids is 1. The van der Waals surface area contributed by atoms with E-state index in [9.17, 15) is 19.5 Å². The normalized spacial score (nSPS) is 17.7. The second-order valence-corrected chi connectivity index (χ2v) is 10.4. The summed E-state index contributed by atoms with van der Waals surface area (Å²) in [5.41, 5.74) is 2.16. The van der Waals surface area contributed by atoms with Crippen LogP contribution in [0.25, 0.3) is 0 Å². The van der Waals surface area contributed by atoms with Gasteiger partial charge in [-0.3, -0.25) is 14.4 Å². The lowest BCUT2D eigenvalue weighted by molar-refractivity contribution is -0.143. The number of hydrogen-bond acceptors (Lipinski definition) is 5. The van der Waals surface area contributed by atoms with Crippen molar-refractivity contribution in [2.45, 2.75) is 64.8 Å². The molecule has 2 N–H and O–H groups in total. The Bertz CT molecular complexity index is 1160. The van der Waals surface area contributed by atoms with Gasteiger partial charge in [0.05, 0.1) is 17.9 Å². The second kappa shape index (κ2) is 12.2. The van der Waals surface area contributed by atoms with E-state index in [0.29, 0.717) is 25.4 Å². The Morgan fingerprint density at radius 3 is 2.45 bits per heavy atom. The molecule has 1 heterocycles. The van der Waals surface area contributed by atoms with E-state index >= 15 is 0 Å². The summed E-state index contributed by atoms with van der Waals surface area (Å²) in [6.07, 6.45) is 4.63. The number of hydrazone groups is 1. The van der Waals surface area contributed by atoms with E-state index in [4.69, 9.17) is 4.74 Å². The van der Waals surface area contributed by atoms with Crippen molar-refractivity contribution in [1.29, 1.82) is 0 Å². The van der Waals surface area contributed by atoms with Crippen LogP contribution >= 0.6 is 0 Å². The Morgan fingerprint density at radius 2 is 1.82 bits per heavy atom. The first-order valence-corrected chi connectivity index (χ1v) is 13.5. The smallest absolute Gasteiger partial charge is 0.309 e. The number of carboxylic acid groups (broad SMARTS) is 1. The minimum atomic E-state index is -0.691. The maximum atomic E-state index is 13.2. The zero-order valence-electron chi connectivity index (χ0n) is 22.2. The Kier molecular flexibility index (Phi) is 8.81. The number of ether oxygens (including phenoxy) is 1. The fraction of sp³-hybridized carbons (Fsp3) is 0.467. The molecular formula is C30H37N3O5. The number of aliphatic carboxylic acids is 1. The highest BCUT2D eigenvalue weighted by atomic mass is 16.5. The number of carbonyl (C=O) groups excluding carboxylic acids is 2. The van der Waals surface area contributed by atoms with Crippen LogP contribution < -0.4 is 5.32 Å². The van der Waals surface area contributed by atoms with Crippen LogP contribution in [0.2, 0.25) is 0 Å². The van der Waals surface area contributed by atoms with Crippen LogP contribution in [0.15, 0.2) is 59.7 Å². The lowest BCUT2D eigenvalue weighted by atomic mass is 9.84. The Balaban J connectivity index is 1.35. The van der Waals surface area contributed by atoms with Crippen molar-refractivity contribution in [1.82, 2.24) is 10.3 Å². The first-order chi connectivity index (χ1) is 18.3. The quantitative estimate of drug-likeness (QED) is 0.373. The fourth-order valence-corrected chi connectivity index (χ4v) is 4.85. The van der Waals surface area contributed by atoms with Gasteiger partial charge in [0, 0.05) is 12.1 Å². The van der Waals surface area contributed by atoms with Gasteiger partial charge in [-0.25, -0.2) is 5.01 Å². The van der Waals surface area contributed by atoms with Crippen molar-refractivity contribution in [2.24, 2.45) is 16.4 Å². The molecule has 8 heteroatoms. The van der Waals surface area contributed by atoms with E-state index < -0.39 is 11.4 Å². The number of hydrogen-bond donors (Lipinski definition) is 2. The van der Waals surface area contributed by atoms with Crippen molar-refractivity contribution in [3.8, 4) is 0 Å². The maximum absolute atomic E-state index is 13.2. The van der Waals surface area contributed by atoms with Crippen LogP contribution in [0, 0.1) is 11.3 Å². The minimum absolute atomic E-state index is 0.00747. The predicted octanol–water partition coefficient (Wildman–Crippen LogP) is 4.69. The van der Waals surface area contributed by atoms with Crippen molar-refractivity contribution in [3.05, 3.63) is 71.3 Å². The van der Waals surface area contributed by atoms with Gasteiger partial charge in [-0.1, -0.05) is 69.2 Å². The number of rotatable bonds is 13. The molecule has 1 fully saturated rings. The lowest BCUT2D eigenvalue weighted by Gasteiger charge is -2.25. The van der Waals surface area contributed by atoms with Crippen molar-refractivity contribution < 1.29 is 24.2 Å². The van der Waals surface area contributed by atoms with E-state index in [2.05, 4.69) is 24.3 Å². The average Bonchev–Trinajstić information content (AvgIpc) is 3.72. The van der Waals surface area contributed by atoms with Gasteiger partial charge in [0.25, 0.3) is 5.91 Å². The van der Waals surface area contributed by atoms with Gasteiger partial charge >= 0.3 is 5.97 Å².